The minimum absolute atomic E-state index is 0.383. The summed E-state index contributed by atoms with van der Waals surface area (Å²) >= 11 is 0. The van der Waals surface area contributed by atoms with Crippen molar-refractivity contribution < 1.29 is 0 Å². The second-order valence-electron chi connectivity index (χ2n) is 10.8. The van der Waals surface area contributed by atoms with Crippen molar-refractivity contribution in [3.63, 3.8) is 0 Å². The summed E-state index contributed by atoms with van der Waals surface area (Å²) in [5, 5.41) is -2.16. The highest BCUT2D eigenvalue weighted by Gasteiger charge is 2.37. The lowest BCUT2D eigenvalue weighted by Crippen LogP contribution is -2.43. The summed E-state index contributed by atoms with van der Waals surface area (Å²) in [7, 11) is 26.7. The average molecular weight is 411 g/mol. The van der Waals surface area contributed by atoms with Crippen LogP contribution in [0.15, 0.2) is 66.9 Å². The van der Waals surface area contributed by atoms with Crippen LogP contribution in [0.25, 0.3) is 22.4 Å². The molecular formula is C27H29B4N. The lowest BCUT2D eigenvalue weighted by Gasteiger charge is -2.44. The minimum atomic E-state index is -1.08. The van der Waals surface area contributed by atoms with Crippen LogP contribution in [0, 0.1) is 10.8 Å². The van der Waals surface area contributed by atoms with Crippen molar-refractivity contribution >= 4 is 31.4 Å². The molecule has 0 fully saturated rings. The van der Waals surface area contributed by atoms with Crippen LogP contribution in [0.2, 0.25) is 0 Å². The molecule has 0 aliphatic heterocycles. The first-order valence-electron chi connectivity index (χ1n) is 11.0. The van der Waals surface area contributed by atoms with E-state index in [0.29, 0.717) is 0 Å². The fraction of sp³-hybridized carbons (Fsp3) is 0.370. The van der Waals surface area contributed by atoms with Gasteiger partial charge in [-0.15, -0.1) is 0 Å². The molecule has 3 rings (SSSR count). The quantitative estimate of drug-likeness (QED) is 0.518. The van der Waals surface area contributed by atoms with E-state index in [4.69, 9.17) is 31.4 Å². The van der Waals surface area contributed by atoms with Gasteiger partial charge in [-0.05, 0) is 22.5 Å². The zero-order valence-corrected chi connectivity index (χ0v) is 20.1. The zero-order valence-electron chi connectivity index (χ0n) is 20.1. The first-order valence-corrected chi connectivity index (χ1v) is 11.0. The predicted octanol–water partition coefficient (Wildman–Crippen LogP) is 5.49. The fourth-order valence-corrected chi connectivity index (χ4v) is 3.48. The third-order valence-electron chi connectivity index (χ3n) is 6.54. The number of aromatic nitrogens is 1. The summed E-state index contributed by atoms with van der Waals surface area (Å²) in [6.45, 7) is 12.2. The van der Waals surface area contributed by atoms with Crippen molar-refractivity contribution in [3.05, 3.63) is 78.0 Å². The molecule has 1 heterocycles. The highest BCUT2D eigenvalue weighted by molar-refractivity contribution is 6.41. The SMILES string of the molecule is [B]C([B])(c1cc(-c2ccc(-c3ccccc3)nc2)cc(C([B])([B])C(C)(C)C)c1)C(C)(C)C. The summed E-state index contributed by atoms with van der Waals surface area (Å²) in [5.41, 5.74) is 4.66. The monoisotopic (exact) mass is 411 g/mol. The van der Waals surface area contributed by atoms with Gasteiger partial charge in [0, 0.05) is 17.3 Å². The Kier molecular flexibility index (Phi) is 6.37. The predicted molar refractivity (Wildman–Crippen MR) is 140 cm³/mol. The molecule has 3 aromatic rings. The van der Waals surface area contributed by atoms with Crippen molar-refractivity contribution in [2.24, 2.45) is 10.8 Å². The molecule has 0 spiro atoms. The van der Waals surface area contributed by atoms with Crippen molar-refractivity contribution in [3.8, 4) is 22.4 Å². The number of benzene rings is 2. The molecule has 0 saturated carbocycles. The molecule has 154 valence electrons. The molecule has 2 aromatic carbocycles. The third-order valence-corrected chi connectivity index (χ3v) is 6.54. The Bertz CT molecular complexity index is 1030. The number of hydrogen-bond donors (Lipinski definition) is 0. The molecule has 0 aliphatic rings. The average Bonchev–Trinajstić information content (AvgIpc) is 2.72. The Morgan fingerprint density at radius 2 is 1.06 bits per heavy atom. The molecule has 1 nitrogen and oxygen atoms in total. The Morgan fingerprint density at radius 3 is 1.47 bits per heavy atom. The van der Waals surface area contributed by atoms with Crippen molar-refractivity contribution in [1.82, 2.24) is 4.98 Å². The molecular weight excluding hydrogens is 382 g/mol. The van der Waals surface area contributed by atoms with E-state index >= 15 is 0 Å². The molecule has 0 atom stereocenters. The van der Waals surface area contributed by atoms with Gasteiger partial charge >= 0.3 is 0 Å². The second kappa shape index (κ2) is 8.32. The molecule has 0 unspecified atom stereocenters. The van der Waals surface area contributed by atoms with Gasteiger partial charge in [-0.2, -0.15) is 0 Å². The minimum Gasteiger partial charge on any atom is -0.256 e. The van der Waals surface area contributed by atoms with Crippen LogP contribution in [0.5, 0.6) is 0 Å². The third kappa shape index (κ3) is 4.63. The van der Waals surface area contributed by atoms with Crippen molar-refractivity contribution in [1.29, 1.82) is 0 Å². The lowest BCUT2D eigenvalue weighted by atomic mass is 9.38. The summed E-state index contributed by atoms with van der Waals surface area (Å²) in [4.78, 5) is 4.68. The van der Waals surface area contributed by atoms with E-state index < -0.39 is 10.4 Å². The van der Waals surface area contributed by atoms with Gasteiger partial charge in [0.05, 0.1) is 37.1 Å². The van der Waals surface area contributed by atoms with Crippen molar-refractivity contribution in [2.45, 2.75) is 52.0 Å². The van der Waals surface area contributed by atoms with E-state index in [1.807, 2.05) is 102 Å². The van der Waals surface area contributed by atoms with Gasteiger partial charge in [0.2, 0.25) is 0 Å². The van der Waals surface area contributed by atoms with Gasteiger partial charge in [0.25, 0.3) is 0 Å². The first-order chi connectivity index (χ1) is 14.6. The Hall–Kier alpha value is -2.15. The Labute approximate surface area is 199 Å². The highest BCUT2D eigenvalue weighted by atomic mass is 14.7. The van der Waals surface area contributed by atoms with Crippen LogP contribution < -0.4 is 0 Å². The lowest BCUT2D eigenvalue weighted by molar-refractivity contribution is 0.351. The van der Waals surface area contributed by atoms with Crippen LogP contribution in [-0.2, 0) is 10.4 Å². The fourth-order valence-electron chi connectivity index (χ4n) is 3.48. The number of hydrogen-bond acceptors (Lipinski definition) is 1. The van der Waals surface area contributed by atoms with E-state index in [2.05, 4.69) is 11.1 Å². The van der Waals surface area contributed by atoms with Crippen LogP contribution in [0.4, 0.5) is 0 Å². The number of pyridine rings is 1. The van der Waals surface area contributed by atoms with E-state index in [-0.39, 0.29) is 10.8 Å². The summed E-state index contributed by atoms with van der Waals surface area (Å²) in [6, 6.07) is 20.1. The smallest absolute Gasteiger partial charge is 0.0702 e. The van der Waals surface area contributed by atoms with E-state index in [1.54, 1.807) is 0 Å². The Morgan fingerprint density at radius 1 is 0.562 bits per heavy atom. The van der Waals surface area contributed by atoms with E-state index in [9.17, 15) is 0 Å². The van der Waals surface area contributed by atoms with E-state index in [1.165, 1.54) is 0 Å². The number of rotatable bonds is 4. The maximum absolute atomic E-state index is 6.66. The highest BCUT2D eigenvalue weighted by Crippen LogP contribution is 2.42. The molecule has 8 radical (unpaired) electrons. The topological polar surface area (TPSA) is 12.9 Å². The summed E-state index contributed by atoms with van der Waals surface area (Å²) in [6.07, 6.45) is 1.86. The molecule has 0 N–H and O–H groups in total. The maximum atomic E-state index is 6.66. The second-order valence-corrected chi connectivity index (χ2v) is 10.8. The normalized spacial score (nSPS) is 13.2. The van der Waals surface area contributed by atoms with Gasteiger partial charge in [-0.3, -0.25) is 4.98 Å². The summed E-state index contributed by atoms with van der Waals surface area (Å²) in [5.74, 6) is 0. The molecule has 1 aromatic heterocycles. The van der Waals surface area contributed by atoms with Gasteiger partial charge in [0.1, 0.15) is 0 Å². The zero-order chi connectivity index (χ0) is 23.9. The molecule has 0 aliphatic carbocycles. The number of nitrogens with zero attached hydrogens (tertiary/aromatic N) is 1. The summed E-state index contributed by atoms with van der Waals surface area (Å²) < 4.78 is 0. The molecule has 0 amide bonds. The van der Waals surface area contributed by atoms with Crippen molar-refractivity contribution in [2.75, 3.05) is 0 Å². The first kappa shape index (κ1) is 24.5. The van der Waals surface area contributed by atoms with Crippen LogP contribution in [-0.4, -0.2) is 36.4 Å². The standard InChI is InChI=1S/C27H29B4N/c1-24(2,3)26(28,29)21-14-20(15-22(16-21)27(30,31)25(4,5)6)19-12-13-23(32-17-19)18-10-8-7-9-11-18/h7-17H,1-6H3. The van der Waals surface area contributed by atoms with Gasteiger partial charge in [-0.1, -0.05) is 118 Å². The Balaban J connectivity index is 2.17. The maximum Gasteiger partial charge on any atom is 0.0702 e. The van der Waals surface area contributed by atoms with Crippen LogP contribution in [0.1, 0.15) is 52.7 Å². The molecule has 5 heteroatoms. The largest absolute Gasteiger partial charge is 0.256 e. The van der Waals surface area contributed by atoms with Gasteiger partial charge in [0.15, 0.2) is 0 Å². The van der Waals surface area contributed by atoms with E-state index in [0.717, 1.165) is 33.5 Å². The van der Waals surface area contributed by atoms with Crippen LogP contribution >= 0.6 is 0 Å². The van der Waals surface area contributed by atoms with Gasteiger partial charge in [-0.25, -0.2) is 0 Å². The molecule has 0 bridgehead atoms. The van der Waals surface area contributed by atoms with Gasteiger partial charge < -0.3 is 0 Å². The van der Waals surface area contributed by atoms with Crippen LogP contribution in [0.3, 0.4) is 0 Å². The molecule has 32 heavy (non-hydrogen) atoms. The molecule has 0 saturated heterocycles.